The molecule has 2 rings (SSSR count). The van der Waals surface area contributed by atoms with Gasteiger partial charge in [-0.05, 0) is 24.5 Å². The van der Waals surface area contributed by atoms with E-state index in [0.717, 1.165) is 24.1 Å². The molecule has 1 aliphatic heterocycles. The summed E-state index contributed by atoms with van der Waals surface area (Å²) in [5.74, 6) is 0.211. The van der Waals surface area contributed by atoms with Gasteiger partial charge in [0.2, 0.25) is 11.8 Å². The molecule has 106 valence electrons. The number of rotatable bonds is 5. The van der Waals surface area contributed by atoms with Gasteiger partial charge in [-0.3, -0.25) is 9.59 Å². The molecule has 4 nitrogen and oxygen atoms in total. The number of amides is 2. The predicted octanol–water partition coefficient (Wildman–Crippen LogP) is 1.98. The minimum absolute atomic E-state index is 0.0172. The van der Waals surface area contributed by atoms with Crippen LogP contribution in [0.1, 0.15) is 12.0 Å². The maximum absolute atomic E-state index is 12.1. The molecular weight excluding hydrogens is 272 g/mol. The average molecular weight is 290 g/mol. The van der Waals surface area contributed by atoms with Gasteiger partial charge < -0.3 is 10.6 Å². The van der Waals surface area contributed by atoms with Crippen LogP contribution in [0.2, 0.25) is 0 Å². The first-order valence-corrected chi connectivity index (χ1v) is 7.63. The lowest BCUT2D eigenvalue weighted by Gasteiger charge is -2.12. The molecule has 0 aliphatic carbocycles. The number of hydrogen-bond donors (Lipinski definition) is 2. The van der Waals surface area contributed by atoms with Crippen LogP contribution in [0, 0.1) is 0 Å². The molecule has 20 heavy (non-hydrogen) atoms. The summed E-state index contributed by atoms with van der Waals surface area (Å²) in [5.41, 5.74) is 2.04. The van der Waals surface area contributed by atoms with Crippen molar-refractivity contribution >= 4 is 29.3 Å². The van der Waals surface area contributed by atoms with Crippen LogP contribution in [-0.4, -0.2) is 29.4 Å². The van der Waals surface area contributed by atoms with E-state index in [2.05, 4.69) is 17.2 Å². The highest BCUT2D eigenvalue weighted by molar-refractivity contribution is 8.01. The summed E-state index contributed by atoms with van der Waals surface area (Å²) in [6, 6.07) is 7.83. The van der Waals surface area contributed by atoms with E-state index in [1.807, 2.05) is 24.3 Å². The van der Waals surface area contributed by atoms with Crippen molar-refractivity contribution in [1.29, 1.82) is 0 Å². The van der Waals surface area contributed by atoms with Crippen LogP contribution in [0.25, 0.3) is 0 Å². The number of hydrogen-bond acceptors (Lipinski definition) is 3. The standard InChI is InChI=1S/C15H18N2O2S/c1-2-9-16-14(18)10-20-13-8-7-11-5-3-4-6-12(11)17-15(13)19/h2-6,13H,1,7-10H2,(H,16,18)(H,17,19)/t13-/m1/s1. The summed E-state index contributed by atoms with van der Waals surface area (Å²) in [7, 11) is 0. The zero-order valence-electron chi connectivity index (χ0n) is 11.2. The first kappa shape index (κ1) is 14.7. The predicted molar refractivity (Wildman–Crippen MR) is 82.8 cm³/mol. The van der Waals surface area contributed by atoms with Crippen molar-refractivity contribution in [2.24, 2.45) is 0 Å². The second kappa shape index (κ2) is 7.14. The number of nitrogens with one attached hydrogen (secondary N) is 2. The van der Waals surface area contributed by atoms with Crippen LogP contribution in [0.3, 0.4) is 0 Å². The molecule has 0 bridgehead atoms. The van der Waals surface area contributed by atoms with Crippen molar-refractivity contribution in [3.05, 3.63) is 42.5 Å². The fourth-order valence-corrected chi connectivity index (χ4v) is 3.01. The molecule has 1 heterocycles. The van der Waals surface area contributed by atoms with Gasteiger partial charge in [-0.1, -0.05) is 24.3 Å². The SMILES string of the molecule is C=CCNC(=O)CS[C@@H]1CCc2ccccc2NC1=O. The van der Waals surface area contributed by atoms with Crippen molar-refractivity contribution in [2.45, 2.75) is 18.1 Å². The third-order valence-electron chi connectivity index (χ3n) is 3.10. The summed E-state index contributed by atoms with van der Waals surface area (Å²) >= 11 is 1.39. The molecule has 0 radical (unpaired) electrons. The Kier molecular flexibility index (Phi) is 5.24. The smallest absolute Gasteiger partial charge is 0.237 e. The monoisotopic (exact) mass is 290 g/mol. The molecule has 0 aromatic heterocycles. The molecular formula is C15H18N2O2S. The van der Waals surface area contributed by atoms with Crippen molar-refractivity contribution < 1.29 is 9.59 Å². The van der Waals surface area contributed by atoms with Crippen LogP contribution < -0.4 is 10.6 Å². The highest BCUT2D eigenvalue weighted by atomic mass is 32.2. The number of carbonyl (C=O) groups is 2. The topological polar surface area (TPSA) is 58.2 Å². The van der Waals surface area contributed by atoms with Gasteiger partial charge >= 0.3 is 0 Å². The molecule has 5 heteroatoms. The Balaban J connectivity index is 1.90. The Morgan fingerprint density at radius 3 is 3.10 bits per heavy atom. The van der Waals surface area contributed by atoms with Gasteiger partial charge in [-0.15, -0.1) is 18.3 Å². The number of para-hydroxylation sites is 1. The molecule has 1 aromatic carbocycles. The molecule has 0 saturated heterocycles. The van der Waals surface area contributed by atoms with E-state index < -0.39 is 0 Å². The van der Waals surface area contributed by atoms with E-state index in [-0.39, 0.29) is 17.1 Å². The lowest BCUT2D eigenvalue weighted by molar-refractivity contribution is -0.118. The molecule has 2 amide bonds. The molecule has 1 atom stereocenters. The first-order valence-electron chi connectivity index (χ1n) is 6.58. The number of fused-ring (bicyclic) bond motifs is 1. The maximum atomic E-state index is 12.1. The highest BCUT2D eigenvalue weighted by Gasteiger charge is 2.24. The Morgan fingerprint density at radius 2 is 2.30 bits per heavy atom. The Bertz CT molecular complexity index is 516. The van der Waals surface area contributed by atoms with Gasteiger partial charge in [0, 0.05) is 12.2 Å². The summed E-state index contributed by atoms with van der Waals surface area (Å²) < 4.78 is 0. The summed E-state index contributed by atoms with van der Waals surface area (Å²) in [6.45, 7) is 4.00. The lowest BCUT2D eigenvalue weighted by Crippen LogP contribution is -2.29. The van der Waals surface area contributed by atoms with E-state index in [0.29, 0.717) is 12.3 Å². The van der Waals surface area contributed by atoms with Crippen LogP contribution in [0.4, 0.5) is 5.69 Å². The van der Waals surface area contributed by atoms with Crippen molar-refractivity contribution in [3.8, 4) is 0 Å². The van der Waals surface area contributed by atoms with Gasteiger partial charge in [0.1, 0.15) is 0 Å². The van der Waals surface area contributed by atoms with E-state index in [1.165, 1.54) is 11.8 Å². The van der Waals surface area contributed by atoms with Crippen molar-refractivity contribution in [2.75, 3.05) is 17.6 Å². The van der Waals surface area contributed by atoms with Crippen molar-refractivity contribution in [3.63, 3.8) is 0 Å². The number of thioether (sulfide) groups is 1. The highest BCUT2D eigenvalue weighted by Crippen LogP contribution is 2.26. The molecule has 0 fully saturated rings. The second-order valence-corrected chi connectivity index (χ2v) is 5.77. The fraction of sp³-hybridized carbons (Fsp3) is 0.333. The number of carbonyl (C=O) groups excluding carboxylic acids is 2. The van der Waals surface area contributed by atoms with E-state index in [4.69, 9.17) is 0 Å². The van der Waals surface area contributed by atoms with E-state index in [9.17, 15) is 9.59 Å². The quantitative estimate of drug-likeness (QED) is 0.815. The minimum atomic E-state index is -0.183. The van der Waals surface area contributed by atoms with Crippen molar-refractivity contribution in [1.82, 2.24) is 5.32 Å². The Labute approximate surface area is 123 Å². The molecule has 0 saturated carbocycles. The first-order chi connectivity index (χ1) is 9.70. The zero-order chi connectivity index (χ0) is 14.4. The molecule has 0 unspecified atom stereocenters. The van der Waals surface area contributed by atoms with Gasteiger partial charge in [-0.2, -0.15) is 0 Å². The van der Waals surface area contributed by atoms with Gasteiger partial charge in [0.05, 0.1) is 11.0 Å². The van der Waals surface area contributed by atoms with Crippen LogP contribution in [0.15, 0.2) is 36.9 Å². The maximum Gasteiger partial charge on any atom is 0.237 e. The summed E-state index contributed by atoms with van der Waals surface area (Å²) in [6.07, 6.45) is 3.24. The molecule has 1 aliphatic rings. The average Bonchev–Trinajstić information content (AvgIpc) is 2.61. The number of aryl methyl sites for hydroxylation is 1. The minimum Gasteiger partial charge on any atom is -0.352 e. The molecule has 1 aromatic rings. The second-order valence-electron chi connectivity index (χ2n) is 4.58. The normalized spacial score (nSPS) is 17.6. The lowest BCUT2D eigenvalue weighted by atomic mass is 10.1. The van der Waals surface area contributed by atoms with Crippen LogP contribution in [0.5, 0.6) is 0 Å². The molecule has 2 N–H and O–H groups in total. The Morgan fingerprint density at radius 1 is 1.50 bits per heavy atom. The third-order valence-corrected chi connectivity index (χ3v) is 4.38. The summed E-state index contributed by atoms with van der Waals surface area (Å²) in [4.78, 5) is 23.7. The van der Waals surface area contributed by atoms with E-state index >= 15 is 0 Å². The summed E-state index contributed by atoms with van der Waals surface area (Å²) in [5, 5.41) is 5.46. The fourth-order valence-electron chi connectivity index (χ4n) is 2.06. The van der Waals surface area contributed by atoms with Crippen LogP contribution in [-0.2, 0) is 16.0 Å². The largest absolute Gasteiger partial charge is 0.352 e. The number of anilines is 1. The van der Waals surface area contributed by atoms with Crippen LogP contribution >= 0.6 is 11.8 Å². The third kappa shape index (κ3) is 3.87. The number of benzene rings is 1. The van der Waals surface area contributed by atoms with Gasteiger partial charge in [-0.25, -0.2) is 0 Å². The molecule has 0 spiro atoms. The zero-order valence-corrected chi connectivity index (χ0v) is 12.0. The van der Waals surface area contributed by atoms with Gasteiger partial charge in [0.15, 0.2) is 0 Å². The van der Waals surface area contributed by atoms with E-state index in [1.54, 1.807) is 6.08 Å². The van der Waals surface area contributed by atoms with Gasteiger partial charge in [0.25, 0.3) is 0 Å². The Hall–Kier alpha value is -1.75.